The van der Waals surface area contributed by atoms with Gasteiger partial charge in [-0.05, 0) is 47.5 Å². The Kier molecular flexibility index (Phi) is 9.41. The molecule has 1 atom stereocenters. The fourth-order valence-electron chi connectivity index (χ4n) is 4.00. The molecule has 0 aliphatic carbocycles. The summed E-state index contributed by atoms with van der Waals surface area (Å²) in [5.41, 5.74) is 3.11. The Balaban J connectivity index is 1.60. The minimum absolute atomic E-state index is 0.119. The van der Waals surface area contributed by atoms with E-state index in [1.165, 1.54) is 26.6 Å². The number of aromatic nitrogens is 1. The third-order valence-electron chi connectivity index (χ3n) is 6.00. The molecule has 0 radical (unpaired) electrons. The lowest BCUT2D eigenvalue weighted by Gasteiger charge is -2.21. The third kappa shape index (κ3) is 7.06. The van der Waals surface area contributed by atoms with Crippen molar-refractivity contribution in [3.63, 3.8) is 0 Å². The van der Waals surface area contributed by atoms with Crippen LogP contribution in [-0.2, 0) is 17.7 Å². The van der Waals surface area contributed by atoms with Gasteiger partial charge in [0.15, 0.2) is 23.9 Å². The summed E-state index contributed by atoms with van der Waals surface area (Å²) in [6.45, 7) is 0.453. The highest BCUT2D eigenvalue weighted by atomic mass is 35.5. The fraction of sp³-hybridized carbons (Fsp3) is 0.172. The second-order valence-corrected chi connectivity index (χ2v) is 9.76. The maximum absolute atomic E-state index is 13.4. The van der Waals surface area contributed by atoms with E-state index in [-0.39, 0.29) is 16.5 Å². The predicted octanol–water partition coefficient (Wildman–Crippen LogP) is 7.05. The largest absolute Gasteiger partial charge is 0.619 e. The molecule has 3 aromatic carbocycles. The van der Waals surface area contributed by atoms with Gasteiger partial charge < -0.3 is 24.7 Å². The average molecular weight is 588 g/mol. The monoisotopic (exact) mass is 586 g/mol. The van der Waals surface area contributed by atoms with Crippen LogP contribution in [0.2, 0.25) is 15.1 Å². The Morgan fingerprint density at radius 1 is 0.897 bits per heavy atom. The number of methoxy groups -OCH3 is 2. The van der Waals surface area contributed by atoms with E-state index in [1.807, 2.05) is 24.3 Å². The number of para-hydroxylation sites is 1. The van der Waals surface area contributed by atoms with E-state index in [1.54, 1.807) is 42.5 Å². The molecule has 0 amide bonds. The predicted molar refractivity (Wildman–Crippen MR) is 152 cm³/mol. The van der Waals surface area contributed by atoms with Crippen molar-refractivity contribution in [1.82, 2.24) is 0 Å². The van der Waals surface area contributed by atoms with Crippen molar-refractivity contribution in [3.8, 4) is 11.5 Å². The van der Waals surface area contributed by atoms with Crippen molar-refractivity contribution in [1.29, 1.82) is 0 Å². The van der Waals surface area contributed by atoms with Crippen LogP contribution in [0.5, 0.6) is 11.5 Å². The van der Waals surface area contributed by atoms with Gasteiger partial charge in [-0.3, -0.25) is 0 Å². The number of pyridine rings is 1. The van der Waals surface area contributed by atoms with Crippen molar-refractivity contribution in [2.45, 2.75) is 19.1 Å². The fourth-order valence-corrected chi connectivity index (χ4v) is 4.80. The van der Waals surface area contributed by atoms with Gasteiger partial charge in [-0.1, -0.05) is 65.1 Å². The molecular weight excluding hydrogens is 563 g/mol. The standard InChI is InChI=1S/C29H25Cl3N2O5/c1-37-26-11-10-19(13-28(26)38-2)27(14-21-23(31)16-34(36)17-24(21)32)39-29(35)20-7-5-6-18(12-20)15-33-25-9-4-3-8-22(25)30/h3-13,16-17,27,33H,14-15H2,1-2H3/t27-/m0/s1. The second kappa shape index (κ2) is 12.9. The number of esters is 1. The Morgan fingerprint density at radius 3 is 2.31 bits per heavy atom. The molecule has 202 valence electrons. The molecule has 0 spiro atoms. The van der Waals surface area contributed by atoms with Gasteiger partial charge in [-0.2, -0.15) is 4.73 Å². The normalized spacial score (nSPS) is 11.5. The number of rotatable bonds is 10. The van der Waals surface area contributed by atoms with Crippen LogP contribution in [0.25, 0.3) is 0 Å². The molecule has 1 N–H and O–H groups in total. The topological polar surface area (TPSA) is 83.7 Å². The quantitative estimate of drug-likeness (QED) is 0.122. The Bertz CT molecular complexity index is 1460. The molecule has 0 unspecified atom stereocenters. The van der Waals surface area contributed by atoms with Crippen LogP contribution in [0.4, 0.5) is 5.69 Å². The molecular formula is C29H25Cl3N2O5. The summed E-state index contributed by atoms with van der Waals surface area (Å²) >= 11 is 18.9. The zero-order chi connectivity index (χ0) is 27.9. The molecule has 0 saturated heterocycles. The molecule has 0 fully saturated rings. The lowest BCUT2D eigenvalue weighted by molar-refractivity contribution is -0.605. The lowest BCUT2D eigenvalue weighted by Crippen LogP contribution is -2.25. The summed E-state index contributed by atoms with van der Waals surface area (Å²) < 4.78 is 17.3. The van der Waals surface area contributed by atoms with Gasteiger partial charge in [0.2, 0.25) is 0 Å². The van der Waals surface area contributed by atoms with Crippen LogP contribution in [0.1, 0.15) is 33.2 Å². The maximum atomic E-state index is 13.4. The summed E-state index contributed by atoms with van der Waals surface area (Å²) in [5.74, 6) is 0.441. The van der Waals surface area contributed by atoms with Gasteiger partial charge >= 0.3 is 5.97 Å². The highest BCUT2D eigenvalue weighted by Crippen LogP contribution is 2.35. The number of nitrogens with zero attached hydrogens (tertiary/aromatic N) is 1. The van der Waals surface area contributed by atoms with Crippen LogP contribution in [0, 0.1) is 5.21 Å². The molecule has 1 aromatic heterocycles. The molecule has 0 aliphatic heterocycles. The number of ether oxygens (including phenoxy) is 3. The minimum atomic E-state index is -0.806. The third-order valence-corrected chi connectivity index (χ3v) is 6.98. The molecule has 7 nitrogen and oxygen atoms in total. The molecule has 4 aromatic rings. The summed E-state index contributed by atoms with van der Waals surface area (Å²) in [6.07, 6.45) is 1.71. The van der Waals surface area contributed by atoms with E-state index in [0.29, 0.717) is 44.5 Å². The number of benzene rings is 3. The van der Waals surface area contributed by atoms with E-state index < -0.39 is 12.1 Å². The zero-order valence-corrected chi connectivity index (χ0v) is 23.4. The molecule has 0 aliphatic rings. The summed E-state index contributed by atoms with van der Waals surface area (Å²) in [7, 11) is 3.05. The van der Waals surface area contributed by atoms with Crippen LogP contribution >= 0.6 is 34.8 Å². The van der Waals surface area contributed by atoms with E-state index >= 15 is 0 Å². The van der Waals surface area contributed by atoms with Gasteiger partial charge in [0.05, 0.1) is 30.5 Å². The van der Waals surface area contributed by atoms with Gasteiger partial charge in [0.1, 0.15) is 16.1 Å². The van der Waals surface area contributed by atoms with E-state index in [9.17, 15) is 10.0 Å². The van der Waals surface area contributed by atoms with Crippen molar-refractivity contribution >= 4 is 46.5 Å². The molecule has 10 heteroatoms. The highest BCUT2D eigenvalue weighted by Gasteiger charge is 2.24. The lowest BCUT2D eigenvalue weighted by atomic mass is 10.0. The Morgan fingerprint density at radius 2 is 1.62 bits per heavy atom. The number of nitrogens with one attached hydrogen (secondary N) is 1. The van der Waals surface area contributed by atoms with E-state index in [0.717, 1.165) is 11.3 Å². The number of hydrogen-bond acceptors (Lipinski definition) is 6. The van der Waals surface area contributed by atoms with Gasteiger partial charge in [-0.25, -0.2) is 4.79 Å². The van der Waals surface area contributed by atoms with E-state index in [2.05, 4.69) is 5.32 Å². The molecule has 4 rings (SSSR count). The number of carbonyl (C=O) groups excluding carboxylic acids is 1. The highest BCUT2D eigenvalue weighted by molar-refractivity contribution is 6.35. The first kappa shape index (κ1) is 28.4. The first-order valence-corrected chi connectivity index (χ1v) is 13.0. The number of carbonyl (C=O) groups is 1. The minimum Gasteiger partial charge on any atom is -0.619 e. The Labute approximate surface area is 241 Å². The summed E-state index contributed by atoms with van der Waals surface area (Å²) in [5, 5.41) is 15.9. The zero-order valence-electron chi connectivity index (χ0n) is 21.1. The number of anilines is 1. The molecule has 39 heavy (non-hydrogen) atoms. The van der Waals surface area contributed by atoms with Crippen molar-refractivity contribution < 1.29 is 23.7 Å². The van der Waals surface area contributed by atoms with Crippen molar-refractivity contribution in [2.24, 2.45) is 0 Å². The van der Waals surface area contributed by atoms with Crippen molar-refractivity contribution in [3.05, 3.63) is 122 Å². The average Bonchev–Trinajstić information content (AvgIpc) is 2.93. The molecule has 1 heterocycles. The van der Waals surface area contributed by atoms with Crippen LogP contribution in [-0.4, -0.2) is 20.2 Å². The molecule has 0 bridgehead atoms. The van der Waals surface area contributed by atoms with Crippen LogP contribution in [0.3, 0.4) is 0 Å². The van der Waals surface area contributed by atoms with Gasteiger partial charge in [0.25, 0.3) is 0 Å². The smallest absolute Gasteiger partial charge is 0.338 e. The van der Waals surface area contributed by atoms with Gasteiger partial charge in [-0.15, -0.1) is 0 Å². The summed E-state index contributed by atoms with van der Waals surface area (Å²) in [4.78, 5) is 13.4. The second-order valence-electron chi connectivity index (χ2n) is 8.54. The Hall–Kier alpha value is -3.65. The number of hydrogen-bond donors (Lipinski definition) is 1. The molecule has 0 saturated carbocycles. The van der Waals surface area contributed by atoms with Gasteiger partial charge in [0, 0.05) is 18.5 Å². The van der Waals surface area contributed by atoms with E-state index in [4.69, 9.17) is 49.0 Å². The SMILES string of the molecule is COc1ccc([C@H](Cc2c(Cl)c[n+]([O-])cc2Cl)OC(=O)c2cccc(CNc3ccccc3Cl)c2)cc1OC. The van der Waals surface area contributed by atoms with Crippen LogP contribution in [0.15, 0.2) is 79.1 Å². The maximum Gasteiger partial charge on any atom is 0.338 e. The first-order chi connectivity index (χ1) is 18.8. The summed E-state index contributed by atoms with van der Waals surface area (Å²) in [6, 6.07) is 19.7. The number of halogens is 3. The van der Waals surface area contributed by atoms with Crippen molar-refractivity contribution in [2.75, 3.05) is 19.5 Å². The van der Waals surface area contributed by atoms with Crippen LogP contribution < -0.4 is 19.5 Å². The first-order valence-electron chi connectivity index (χ1n) is 11.9.